The molecule has 0 fully saturated rings. The third kappa shape index (κ3) is 3.86. The van der Waals surface area contributed by atoms with Gasteiger partial charge in [0.1, 0.15) is 0 Å². The minimum Gasteiger partial charge on any atom is -0.316 e. The summed E-state index contributed by atoms with van der Waals surface area (Å²) >= 11 is 6.44. The van der Waals surface area contributed by atoms with Gasteiger partial charge in [-0.25, -0.2) is 0 Å². The van der Waals surface area contributed by atoms with E-state index < -0.39 is 0 Å². The Bertz CT molecular complexity index is 587. The average molecular weight is 306 g/mol. The highest BCUT2D eigenvalue weighted by molar-refractivity contribution is 6.31. The van der Waals surface area contributed by atoms with Crippen molar-refractivity contribution in [3.05, 3.63) is 51.8 Å². The van der Waals surface area contributed by atoms with E-state index in [0.29, 0.717) is 6.04 Å². The van der Waals surface area contributed by atoms with Gasteiger partial charge < -0.3 is 5.32 Å². The predicted molar refractivity (Wildman–Crippen MR) is 89.0 cm³/mol. The van der Waals surface area contributed by atoms with Crippen molar-refractivity contribution in [2.24, 2.45) is 7.05 Å². The second-order valence-corrected chi connectivity index (χ2v) is 5.94. The monoisotopic (exact) mass is 305 g/mol. The normalized spacial score (nSPS) is 12.6. The van der Waals surface area contributed by atoms with Crippen molar-refractivity contribution in [1.29, 1.82) is 0 Å². The zero-order chi connectivity index (χ0) is 15.4. The molecule has 1 unspecified atom stereocenters. The van der Waals surface area contributed by atoms with Crippen molar-refractivity contribution in [3.63, 3.8) is 0 Å². The Morgan fingerprint density at radius 3 is 2.43 bits per heavy atom. The molecule has 1 aromatic heterocycles. The van der Waals surface area contributed by atoms with E-state index in [1.54, 1.807) is 0 Å². The molecule has 1 N–H and O–H groups in total. The predicted octanol–water partition coefficient (Wildman–Crippen LogP) is 3.32. The van der Waals surface area contributed by atoms with Gasteiger partial charge in [0.05, 0.1) is 16.4 Å². The molecule has 1 heterocycles. The van der Waals surface area contributed by atoms with Gasteiger partial charge in [-0.3, -0.25) is 4.68 Å². The Morgan fingerprint density at radius 1 is 1.24 bits per heavy atom. The van der Waals surface area contributed by atoms with Gasteiger partial charge in [0.25, 0.3) is 0 Å². The maximum atomic E-state index is 6.44. The summed E-state index contributed by atoms with van der Waals surface area (Å²) in [6.07, 6.45) is 2.74. The van der Waals surface area contributed by atoms with Crippen LogP contribution in [-0.4, -0.2) is 22.9 Å². The maximum Gasteiger partial charge on any atom is 0.0850 e. The van der Waals surface area contributed by atoms with Crippen LogP contribution in [0.4, 0.5) is 0 Å². The second kappa shape index (κ2) is 7.10. The number of aryl methyl sites for hydroxylation is 3. The van der Waals surface area contributed by atoms with Crippen LogP contribution in [0.25, 0.3) is 0 Å². The highest BCUT2D eigenvalue weighted by atomic mass is 35.5. The highest BCUT2D eigenvalue weighted by Gasteiger charge is 2.17. The Balaban J connectivity index is 2.12. The van der Waals surface area contributed by atoms with Crippen molar-refractivity contribution >= 4 is 11.6 Å². The van der Waals surface area contributed by atoms with E-state index in [0.717, 1.165) is 35.7 Å². The summed E-state index contributed by atoms with van der Waals surface area (Å²) in [5.74, 6) is 0. The number of likely N-dealkylation sites (N-methyl/N-ethyl adjacent to an activating group) is 1. The molecule has 0 aliphatic carbocycles. The van der Waals surface area contributed by atoms with Crippen LogP contribution >= 0.6 is 11.6 Å². The molecule has 0 saturated carbocycles. The molecule has 114 valence electrons. The van der Waals surface area contributed by atoms with Gasteiger partial charge in [0.2, 0.25) is 0 Å². The van der Waals surface area contributed by atoms with Crippen molar-refractivity contribution in [2.75, 3.05) is 7.05 Å². The maximum absolute atomic E-state index is 6.44. The van der Waals surface area contributed by atoms with E-state index in [1.165, 1.54) is 11.1 Å². The summed E-state index contributed by atoms with van der Waals surface area (Å²) in [6.45, 7) is 4.20. The Morgan fingerprint density at radius 2 is 1.90 bits per heavy atom. The molecular formula is C17H24ClN3. The summed E-state index contributed by atoms with van der Waals surface area (Å²) in [5, 5.41) is 8.71. The van der Waals surface area contributed by atoms with Crippen molar-refractivity contribution in [2.45, 2.75) is 39.2 Å². The largest absolute Gasteiger partial charge is 0.316 e. The first-order valence-electron chi connectivity index (χ1n) is 7.48. The molecule has 2 aromatic rings. The first-order valence-corrected chi connectivity index (χ1v) is 7.86. The molecule has 2 rings (SSSR count). The molecular weight excluding hydrogens is 282 g/mol. The first-order chi connectivity index (χ1) is 10.0. The fourth-order valence-electron chi connectivity index (χ4n) is 2.56. The van der Waals surface area contributed by atoms with Crippen LogP contribution in [0.2, 0.25) is 5.02 Å². The molecule has 0 aliphatic rings. The standard InChI is InChI=1S/C17H24ClN3/c1-5-15-17(18)16(21(4)20-15)11-14(19-3)10-13-8-6-12(2)7-9-13/h6-9,14,19H,5,10-11H2,1-4H3. The zero-order valence-corrected chi connectivity index (χ0v) is 14.0. The fourth-order valence-corrected chi connectivity index (χ4v) is 2.93. The van der Waals surface area contributed by atoms with Gasteiger partial charge in [0.15, 0.2) is 0 Å². The minimum absolute atomic E-state index is 0.352. The average Bonchev–Trinajstić information content (AvgIpc) is 2.75. The van der Waals surface area contributed by atoms with Crippen LogP contribution in [0.1, 0.15) is 29.4 Å². The lowest BCUT2D eigenvalue weighted by Gasteiger charge is -2.17. The molecule has 1 atom stereocenters. The number of nitrogens with one attached hydrogen (secondary N) is 1. The smallest absolute Gasteiger partial charge is 0.0850 e. The van der Waals surface area contributed by atoms with Gasteiger partial charge in [0, 0.05) is 19.5 Å². The molecule has 0 bridgehead atoms. The molecule has 0 saturated heterocycles. The van der Waals surface area contributed by atoms with Crippen molar-refractivity contribution < 1.29 is 0 Å². The molecule has 0 spiro atoms. The summed E-state index contributed by atoms with van der Waals surface area (Å²) in [7, 11) is 3.98. The quantitative estimate of drug-likeness (QED) is 0.887. The summed E-state index contributed by atoms with van der Waals surface area (Å²) < 4.78 is 1.92. The number of hydrogen-bond acceptors (Lipinski definition) is 2. The van der Waals surface area contributed by atoms with E-state index in [-0.39, 0.29) is 0 Å². The number of benzene rings is 1. The molecule has 1 aromatic carbocycles. The van der Waals surface area contributed by atoms with Gasteiger partial charge >= 0.3 is 0 Å². The number of rotatable bonds is 6. The Hall–Kier alpha value is -1.32. The number of hydrogen-bond donors (Lipinski definition) is 1. The molecule has 0 radical (unpaired) electrons. The molecule has 4 heteroatoms. The summed E-state index contributed by atoms with van der Waals surface area (Å²) in [5.41, 5.74) is 4.73. The topological polar surface area (TPSA) is 29.9 Å². The third-order valence-corrected chi connectivity index (χ3v) is 4.39. The van der Waals surface area contributed by atoms with Gasteiger partial charge in [-0.05, 0) is 32.4 Å². The minimum atomic E-state index is 0.352. The van der Waals surface area contributed by atoms with Crippen LogP contribution in [0.3, 0.4) is 0 Å². The van der Waals surface area contributed by atoms with Crippen molar-refractivity contribution in [1.82, 2.24) is 15.1 Å². The van der Waals surface area contributed by atoms with Gasteiger partial charge in [-0.15, -0.1) is 0 Å². The fraction of sp³-hybridized carbons (Fsp3) is 0.471. The molecule has 0 aliphatic heterocycles. The van der Waals surface area contributed by atoms with Gasteiger partial charge in [-0.2, -0.15) is 5.10 Å². The van der Waals surface area contributed by atoms with E-state index in [1.807, 2.05) is 18.8 Å². The lowest BCUT2D eigenvalue weighted by atomic mass is 10.0. The molecule has 0 amide bonds. The van der Waals surface area contributed by atoms with Crippen LogP contribution < -0.4 is 5.32 Å². The highest BCUT2D eigenvalue weighted by Crippen LogP contribution is 2.22. The Labute approximate surface area is 132 Å². The third-order valence-electron chi connectivity index (χ3n) is 3.95. The zero-order valence-electron chi connectivity index (χ0n) is 13.3. The SMILES string of the molecule is CCc1nn(C)c(CC(Cc2ccc(C)cc2)NC)c1Cl. The van der Waals surface area contributed by atoms with Gasteiger partial charge in [-0.1, -0.05) is 48.4 Å². The van der Waals surface area contributed by atoms with Crippen molar-refractivity contribution in [3.8, 4) is 0 Å². The summed E-state index contributed by atoms with van der Waals surface area (Å²) in [6, 6.07) is 9.07. The van der Waals surface area contributed by atoms with Crippen LogP contribution in [0.5, 0.6) is 0 Å². The molecule has 3 nitrogen and oxygen atoms in total. The number of aromatic nitrogens is 2. The first kappa shape index (κ1) is 16.1. The van der Waals surface area contributed by atoms with Crippen LogP contribution in [0.15, 0.2) is 24.3 Å². The lowest BCUT2D eigenvalue weighted by molar-refractivity contribution is 0.533. The van der Waals surface area contributed by atoms with E-state index in [4.69, 9.17) is 11.6 Å². The number of nitrogens with zero attached hydrogens (tertiary/aromatic N) is 2. The van der Waals surface area contributed by atoms with Crippen LogP contribution in [0, 0.1) is 6.92 Å². The number of halogens is 1. The lowest BCUT2D eigenvalue weighted by Crippen LogP contribution is -2.30. The Kier molecular flexibility index (Phi) is 5.43. The van der Waals surface area contributed by atoms with Crippen LogP contribution in [-0.2, 0) is 26.3 Å². The van der Waals surface area contributed by atoms with E-state index in [2.05, 4.69) is 48.5 Å². The summed E-state index contributed by atoms with van der Waals surface area (Å²) in [4.78, 5) is 0. The van der Waals surface area contributed by atoms with E-state index in [9.17, 15) is 0 Å². The molecule has 21 heavy (non-hydrogen) atoms. The second-order valence-electron chi connectivity index (χ2n) is 5.56. The van der Waals surface area contributed by atoms with E-state index >= 15 is 0 Å².